The van der Waals surface area contributed by atoms with Gasteiger partial charge in [-0.05, 0) is 48.5 Å². The Morgan fingerprint density at radius 3 is 1.73 bits per heavy atom. The van der Waals surface area contributed by atoms with Gasteiger partial charge >= 0.3 is 11.9 Å². The predicted molar refractivity (Wildman–Crippen MR) is 92.8 cm³/mol. The first-order valence-corrected chi connectivity index (χ1v) is 7.25. The third kappa shape index (κ3) is 4.69. The van der Waals surface area contributed by atoms with Crippen molar-refractivity contribution < 1.29 is 24.6 Å². The number of anilines is 2. The molecule has 0 spiro atoms. The van der Waals surface area contributed by atoms with Crippen molar-refractivity contribution in [2.24, 2.45) is 0 Å². The third-order valence-electron chi connectivity index (χ3n) is 3.27. The number of nitrogens with one attached hydrogen (secondary N) is 2. The number of rotatable bonds is 6. The van der Waals surface area contributed by atoms with Crippen molar-refractivity contribution in [3.63, 3.8) is 0 Å². The van der Waals surface area contributed by atoms with Crippen LogP contribution >= 0.6 is 0 Å². The predicted octanol–water partition coefficient (Wildman–Crippen LogP) is 2.54. The molecule has 8 nitrogen and oxygen atoms in total. The number of nitriles is 1. The summed E-state index contributed by atoms with van der Waals surface area (Å²) in [5, 5.41) is 32.0. The van der Waals surface area contributed by atoms with Gasteiger partial charge in [-0.3, -0.25) is 4.79 Å². The monoisotopic (exact) mass is 351 g/mol. The van der Waals surface area contributed by atoms with E-state index >= 15 is 0 Å². The maximum Gasteiger partial charge on any atom is 0.335 e. The van der Waals surface area contributed by atoms with Gasteiger partial charge in [0, 0.05) is 17.6 Å². The molecule has 2 aromatic rings. The molecule has 8 heteroatoms. The van der Waals surface area contributed by atoms with E-state index < -0.39 is 17.8 Å². The van der Waals surface area contributed by atoms with Crippen molar-refractivity contribution >= 4 is 29.2 Å². The maximum atomic E-state index is 12.1. The smallest absolute Gasteiger partial charge is 0.335 e. The van der Waals surface area contributed by atoms with Crippen molar-refractivity contribution in [1.29, 1.82) is 5.26 Å². The van der Waals surface area contributed by atoms with E-state index in [1.807, 2.05) is 0 Å². The lowest BCUT2D eigenvalue weighted by atomic mass is 10.2. The van der Waals surface area contributed by atoms with Gasteiger partial charge in [-0.2, -0.15) is 5.26 Å². The molecule has 2 aromatic carbocycles. The zero-order valence-electron chi connectivity index (χ0n) is 13.3. The highest BCUT2D eigenvalue weighted by atomic mass is 16.4. The van der Waals surface area contributed by atoms with E-state index in [0.717, 1.165) is 0 Å². The van der Waals surface area contributed by atoms with Crippen LogP contribution in [0.5, 0.6) is 0 Å². The Kier molecular flexibility index (Phi) is 5.69. The van der Waals surface area contributed by atoms with Gasteiger partial charge in [0.1, 0.15) is 11.6 Å². The van der Waals surface area contributed by atoms with E-state index in [-0.39, 0.29) is 16.7 Å². The van der Waals surface area contributed by atoms with Crippen molar-refractivity contribution in [1.82, 2.24) is 0 Å². The fraction of sp³-hybridized carbons (Fsp3) is 0. The van der Waals surface area contributed by atoms with Crippen LogP contribution in [0.3, 0.4) is 0 Å². The first kappa shape index (κ1) is 18.2. The second-order valence-corrected chi connectivity index (χ2v) is 5.03. The van der Waals surface area contributed by atoms with Crippen LogP contribution in [0.25, 0.3) is 0 Å². The lowest BCUT2D eigenvalue weighted by Crippen LogP contribution is -2.14. The molecule has 0 atom stereocenters. The van der Waals surface area contributed by atoms with Gasteiger partial charge < -0.3 is 20.8 Å². The number of carboxylic acids is 2. The molecular formula is C18H13N3O5. The van der Waals surface area contributed by atoms with Crippen molar-refractivity contribution in [2.75, 3.05) is 10.6 Å². The minimum Gasteiger partial charge on any atom is -0.478 e. The number of amides is 1. The summed E-state index contributed by atoms with van der Waals surface area (Å²) < 4.78 is 0. The number of carbonyl (C=O) groups excluding carboxylic acids is 1. The van der Waals surface area contributed by atoms with E-state index in [2.05, 4.69) is 10.6 Å². The first-order valence-electron chi connectivity index (χ1n) is 7.25. The molecule has 0 unspecified atom stereocenters. The number of hydrogen-bond donors (Lipinski definition) is 4. The molecule has 1 amide bonds. The third-order valence-corrected chi connectivity index (χ3v) is 3.27. The molecule has 0 saturated heterocycles. The van der Waals surface area contributed by atoms with E-state index in [0.29, 0.717) is 11.4 Å². The van der Waals surface area contributed by atoms with Crippen LogP contribution in [0.15, 0.2) is 60.3 Å². The number of hydrogen-bond acceptors (Lipinski definition) is 5. The summed E-state index contributed by atoms with van der Waals surface area (Å²) in [6.45, 7) is 0. The van der Waals surface area contributed by atoms with Crippen LogP contribution in [0, 0.1) is 11.3 Å². The second kappa shape index (κ2) is 8.12. The molecule has 0 saturated carbocycles. The normalized spacial score (nSPS) is 10.5. The highest BCUT2D eigenvalue weighted by Crippen LogP contribution is 2.13. The zero-order valence-corrected chi connectivity index (χ0v) is 13.3. The summed E-state index contributed by atoms with van der Waals surface area (Å²) in [6.07, 6.45) is 1.19. The Labute approximate surface area is 148 Å². The van der Waals surface area contributed by atoms with Crippen molar-refractivity contribution in [3.05, 3.63) is 71.4 Å². The van der Waals surface area contributed by atoms with Gasteiger partial charge in [-0.15, -0.1) is 0 Å². The summed E-state index contributed by atoms with van der Waals surface area (Å²) in [4.78, 5) is 33.7. The van der Waals surface area contributed by atoms with Gasteiger partial charge in [0.2, 0.25) is 0 Å². The van der Waals surface area contributed by atoms with Crippen LogP contribution in [-0.2, 0) is 4.79 Å². The SMILES string of the molecule is N#C/C(=C/Nc1ccc(C(=O)O)cc1)C(=O)Nc1ccc(C(=O)O)cc1. The number of carboxylic acid groups (broad SMARTS) is 2. The van der Waals surface area contributed by atoms with Gasteiger partial charge in [0.05, 0.1) is 11.1 Å². The molecule has 0 aliphatic rings. The maximum absolute atomic E-state index is 12.1. The molecule has 0 radical (unpaired) electrons. The summed E-state index contributed by atoms with van der Waals surface area (Å²) >= 11 is 0. The molecule has 130 valence electrons. The molecule has 0 bridgehead atoms. The van der Waals surface area contributed by atoms with E-state index in [9.17, 15) is 14.4 Å². The molecule has 26 heavy (non-hydrogen) atoms. The Balaban J connectivity index is 2.05. The van der Waals surface area contributed by atoms with Gasteiger partial charge in [0.25, 0.3) is 5.91 Å². The average molecular weight is 351 g/mol. The molecule has 0 heterocycles. The van der Waals surface area contributed by atoms with Crippen molar-refractivity contribution in [3.8, 4) is 6.07 Å². The largest absolute Gasteiger partial charge is 0.478 e. The van der Waals surface area contributed by atoms with Gasteiger partial charge in [-0.1, -0.05) is 0 Å². The molecule has 2 rings (SSSR count). The molecule has 0 fully saturated rings. The quantitative estimate of drug-likeness (QED) is 0.463. The first-order chi connectivity index (χ1) is 12.4. The lowest BCUT2D eigenvalue weighted by Gasteiger charge is -2.06. The topological polar surface area (TPSA) is 140 Å². The molecule has 0 aromatic heterocycles. The fourth-order valence-corrected chi connectivity index (χ4v) is 1.91. The second-order valence-electron chi connectivity index (χ2n) is 5.03. The summed E-state index contributed by atoms with van der Waals surface area (Å²) in [7, 11) is 0. The van der Waals surface area contributed by atoms with Gasteiger partial charge in [0.15, 0.2) is 0 Å². The van der Waals surface area contributed by atoms with Crippen molar-refractivity contribution in [2.45, 2.75) is 0 Å². The Morgan fingerprint density at radius 2 is 1.31 bits per heavy atom. The average Bonchev–Trinajstić information content (AvgIpc) is 2.63. The highest BCUT2D eigenvalue weighted by Gasteiger charge is 2.10. The summed E-state index contributed by atoms with van der Waals surface area (Å²) in [5.74, 6) is -2.82. The summed E-state index contributed by atoms with van der Waals surface area (Å²) in [6, 6.07) is 13.0. The van der Waals surface area contributed by atoms with E-state index in [4.69, 9.17) is 15.5 Å². The standard InChI is InChI=1S/C18H13N3O5/c19-9-13(10-20-14-5-1-11(2-6-14)17(23)24)16(22)21-15-7-3-12(4-8-15)18(25)26/h1-8,10,20H,(H,21,22)(H,23,24)(H,25,26)/b13-10-. The number of benzene rings is 2. The van der Waals surface area contributed by atoms with Crippen LogP contribution in [0.1, 0.15) is 20.7 Å². The van der Waals surface area contributed by atoms with Crippen LogP contribution < -0.4 is 10.6 Å². The summed E-state index contributed by atoms with van der Waals surface area (Å²) in [5.41, 5.74) is 0.816. The number of nitrogens with zero attached hydrogens (tertiary/aromatic N) is 1. The van der Waals surface area contributed by atoms with E-state index in [1.165, 1.54) is 54.7 Å². The minimum absolute atomic E-state index is 0.0746. The Bertz CT molecular complexity index is 909. The van der Waals surface area contributed by atoms with Gasteiger partial charge in [-0.25, -0.2) is 9.59 Å². The zero-order chi connectivity index (χ0) is 19.1. The number of aromatic carboxylic acids is 2. The Morgan fingerprint density at radius 1 is 0.846 bits per heavy atom. The number of carbonyl (C=O) groups is 3. The van der Waals surface area contributed by atoms with Crippen LogP contribution in [-0.4, -0.2) is 28.1 Å². The fourth-order valence-electron chi connectivity index (χ4n) is 1.91. The lowest BCUT2D eigenvalue weighted by molar-refractivity contribution is -0.112. The van der Waals surface area contributed by atoms with Crippen LogP contribution in [0.4, 0.5) is 11.4 Å². The molecular weight excluding hydrogens is 338 g/mol. The highest BCUT2D eigenvalue weighted by molar-refractivity contribution is 6.06. The van der Waals surface area contributed by atoms with E-state index in [1.54, 1.807) is 6.07 Å². The van der Waals surface area contributed by atoms with Crippen LogP contribution in [0.2, 0.25) is 0 Å². The minimum atomic E-state index is -1.08. The molecule has 0 aliphatic heterocycles. The molecule has 0 aliphatic carbocycles. The Hall–Kier alpha value is -4.12. The molecule has 4 N–H and O–H groups in total.